The smallest absolute Gasteiger partial charge is 0.322 e. The summed E-state index contributed by atoms with van der Waals surface area (Å²) in [6.07, 6.45) is 3.61. The second-order valence-electron chi connectivity index (χ2n) is 5.80. The number of carbonyl (C=O) groups is 2. The van der Waals surface area contributed by atoms with Crippen molar-refractivity contribution in [2.45, 2.75) is 45.6 Å². The van der Waals surface area contributed by atoms with Crippen molar-refractivity contribution in [3.8, 4) is 0 Å². The standard InChI is InChI=1S/C17H25N3O2/c1-3-4-10-18-16(21)15-9-6-11-20(15)17(22)19-14-8-5-7-13(2)12-14/h5,7-8,12,15H,3-4,6,9-11H2,1-2H3,(H,18,21)(H,19,22). The summed E-state index contributed by atoms with van der Waals surface area (Å²) in [5.41, 5.74) is 1.86. The molecule has 2 rings (SSSR count). The lowest BCUT2D eigenvalue weighted by Crippen LogP contribution is -2.47. The number of hydrogen-bond donors (Lipinski definition) is 2. The molecule has 2 N–H and O–H groups in total. The molecule has 0 radical (unpaired) electrons. The quantitative estimate of drug-likeness (QED) is 0.822. The monoisotopic (exact) mass is 303 g/mol. The summed E-state index contributed by atoms with van der Waals surface area (Å²) < 4.78 is 0. The molecule has 5 heteroatoms. The molecule has 1 aromatic rings. The zero-order valence-electron chi connectivity index (χ0n) is 13.4. The Morgan fingerprint density at radius 3 is 2.91 bits per heavy atom. The van der Waals surface area contributed by atoms with E-state index in [0.717, 1.165) is 36.9 Å². The van der Waals surface area contributed by atoms with Gasteiger partial charge in [-0.15, -0.1) is 0 Å². The van der Waals surface area contributed by atoms with Crippen molar-refractivity contribution in [1.29, 1.82) is 0 Å². The lowest BCUT2D eigenvalue weighted by molar-refractivity contribution is -0.124. The van der Waals surface area contributed by atoms with Crippen LogP contribution >= 0.6 is 0 Å². The molecule has 3 amide bonds. The Kier molecular flexibility index (Phi) is 5.81. The molecular weight excluding hydrogens is 278 g/mol. The number of benzene rings is 1. The third-order valence-corrected chi connectivity index (χ3v) is 3.92. The Morgan fingerprint density at radius 2 is 2.18 bits per heavy atom. The molecule has 0 saturated carbocycles. The van der Waals surface area contributed by atoms with Crippen LogP contribution in [0.2, 0.25) is 0 Å². The first-order chi connectivity index (χ1) is 10.6. The van der Waals surface area contributed by atoms with Crippen molar-refractivity contribution in [3.63, 3.8) is 0 Å². The van der Waals surface area contributed by atoms with E-state index in [1.54, 1.807) is 4.90 Å². The van der Waals surface area contributed by atoms with E-state index in [9.17, 15) is 9.59 Å². The number of anilines is 1. The Morgan fingerprint density at radius 1 is 1.36 bits per heavy atom. The lowest BCUT2D eigenvalue weighted by Gasteiger charge is -2.24. The van der Waals surface area contributed by atoms with E-state index in [4.69, 9.17) is 0 Å². The molecule has 1 saturated heterocycles. The van der Waals surface area contributed by atoms with Crippen LogP contribution in [0.25, 0.3) is 0 Å². The lowest BCUT2D eigenvalue weighted by atomic mass is 10.2. The highest BCUT2D eigenvalue weighted by molar-refractivity contribution is 5.94. The summed E-state index contributed by atoms with van der Waals surface area (Å²) in [4.78, 5) is 26.3. The molecule has 120 valence electrons. The van der Waals surface area contributed by atoms with Gasteiger partial charge in [0, 0.05) is 18.8 Å². The zero-order chi connectivity index (χ0) is 15.9. The van der Waals surface area contributed by atoms with Gasteiger partial charge < -0.3 is 15.5 Å². The van der Waals surface area contributed by atoms with Gasteiger partial charge >= 0.3 is 6.03 Å². The molecule has 0 spiro atoms. The number of rotatable bonds is 5. The van der Waals surface area contributed by atoms with Gasteiger partial charge in [0.25, 0.3) is 0 Å². The SMILES string of the molecule is CCCCNC(=O)C1CCCN1C(=O)Nc1cccc(C)c1. The van der Waals surface area contributed by atoms with Crippen molar-refractivity contribution in [1.82, 2.24) is 10.2 Å². The van der Waals surface area contributed by atoms with Gasteiger partial charge in [0.15, 0.2) is 0 Å². The molecule has 1 aromatic carbocycles. The maximum Gasteiger partial charge on any atom is 0.322 e. The number of carbonyl (C=O) groups excluding carboxylic acids is 2. The molecule has 1 aliphatic heterocycles. The van der Waals surface area contributed by atoms with Gasteiger partial charge in [-0.2, -0.15) is 0 Å². The number of nitrogens with one attached hydrogen (secondary N) is 2. The van der Waals surface area contributed by atoms with Crippen LogP contribution in [0.5, 0.6) is 0 Å². The minimum Gasteiger partial charge on any atom is -0.354 e. The van der Waals surface area contributed by atoms with Crippen molar-refractivity contribution in [2.75, 3.05) is 18.4 Å². The zero-order valence-corrected chi connectivity index (χ0v) is 13.4. The first kappa shape index (κ1) is 16.3. The molecule has 22 heavy (non-hydrogen) atoms. The summed E-state index contributed by atoms with van der Waals surface area (Å²) in [5.74, 6) is -0.0367. The molecule has 1 unspecified atom stereocenters. The second kappa shape index (κ2) is 7.82. The normalized spacial score (nSPS) is 17.4. The first-order valence-electron chi connectivity index (χ1n) is 8.04. The average molecular weight is 303 g/mol. The van der Waals surface area contributed by atoms with E-state index in [1.807, 2.05) is 31.2 Å². The summed E-state index contributed by atoms with van der Waals surface area (Å²) in [6.45, 7) is 5.38. The van der Waals surface area contributed by atoms with Gasteiger partial charge in [-0.3, -0.25) is 4.79 Å². The molecule has 0 aromatic heterocycles. The number of likely N-dealkylation sites (tertiary alicyclic amines) is 1. The Labute approximate surface area is 132 Å². The summed E-state index contributed by atoms with van der Waals surface area (Å²) >= 11 is 0. The highest BCUT2D eigenvalue weighted by Gasteiger charge is 2.33. The number of aryl methyl sites for hydroxylation is 1. The van der Waals surface area contributed by atoms with Crippen molar-refractivity contribution in [3.05, 3.63) is 29.8 Å². The van der Waals surface area contributed by atoms with Crippen LogP contribution < -0.4 is 10.6 Å². The van der Waals surface area contributed by atoms with Crippen LogP contribution in [-0.2, 0) is 4.79 Å². The number of unbranched alkanes of at least 4 members (excludes halogenated alkanes) is 1. The van der Waals surface area contributed by atoms with Crippen molar-refractivity contribution < 1.29 is 9.59 Å². The van der Waals surface area contributed by atoms with Crippen LogP contribution in [0.3, 0.4) is 0 Å². The number of nitrogens with zero attached hydrogens (tertiary/aromatic N) is 1. The first-order valence-corrected chi connectivity index (χ1v) is 8.04. The van der Waals surface area contributed by atoms with E-state index in [1.165, 1.54) is 0 Å². The predicted molar refractivity (Wildman–Crippen MR) is 87.8 cm³/mol. The Hall–Kier alpha value is -2.04. The molecule has 0 aliphatic carbocycles. The van der Waals surface area contributed by atoms with Crippen LogP contribution in [-0.4, -0.2) is 36.0 Å². The van der Waals surface area contributed by atoms with Crippen LogP contribution in [0, 0.1) is 6.92 Å². The molecule has 1 atom stereocenters. The van der Waals surface area contributed by atoms with Crippen molar-refractivity contribution in [2.24, 2.45) is 0 Å². The maximum atomic E-state index is 12.4. The Bertz CT molecular complexity index is 530. The van der Waals surface area contributed by atoms with Gasteiger partial charge in [0.05, 0.1) is 0 Å². The maximum absolute atomic E-state index is 12.4. The second-order valence-corrected chi connectivity index (χ2v) is 5.80. The molecular formula is C17H25N3O2. The van der Waals surface area contributed by atoms with Crippen LogP contribution in [0.1, 0.15) is 38.2 Å². The topological polar surface area (TPSA) is 61.4 Å². The molecule has 5 nitrogen and oxygen atoms in total. The third-order valence-electron chi connectivity index (χ3n) is 3.92. The average Bonchev–Trinajstić information content (AvgIpc) is 2.97. The molecule has 1 heterocycles. The minimum atomic E-state index is -0.346. The van der Waals surface area contributed by atoms with Crippen LogP contribution in [0.4, 0.5) is 10.5 Å². The minimum absolute atomic E-state index is 0.0367. The van der Waals surface area contributed by atoms with Gasteiger partial charge in [-0.05, 0) is 43.9 Å². The van der Waals surface area contributed by atoms with Crippen LogP contribution in [0.15, 0.2) is 24.3 Å². The fraction of sp³-hybridized carbons (Fsp3) is 0.529. The molecule has 1 fully saturated rings. The highest BCUT2D eigenvalue weighted by Crippen LogP contribution is 2.19. The highest BCUT2D eigenvalue weighted by atomic mass is 16.2. The summed E-state index contributed by atoms with van der Waals surface area (Å²) in [5, 5.41) is 5.81. The predicted octanol–water partition coefficient (Wildman–Crippen LogP) is 2.91. The molecule has 1 aliphatic rings. The summed E-state index contributed by atoms with van der Waals surface area (Å²) in [7, 11) is 0. The Balaban J connectivity index is 1.94. The number of hydrogen-bond acceptors (Lipinski definition) is 2. The van der Waals surface area contributed by atoms with Gasteiger partial charge in [-0.25, -0.2) is 4.79 Å². The van der Waals surface area contributed by atoms with E-state index < -0.39 is 0 Å². The molecule has 0 bridgehead atoms. The van der Waals surface area contributed by atoms with E-state index in [0.29, 0.717) is 13.1 Å². The van der Waals surface area contributed by atoms with Gasteiger partial charge in [0.2, 0.25) is 5.91 Å². The number of urea groups is 1. The van der Waals surface area contributed by atoms with E-state index in [-0.39, 0.29) is 18.0 Å². The van der Waals surface area contributed by atoms with E-state index in [2.05, 4.69) is 17.6 Å². The third kappa shape index (κ3) is 4.23. The van der Waals surface area contributed by atoms with Gasteiger partial charge in [-0.1, -0.05) is 25.5 Å². The van der Waals surface area contributed by atoms with Crippen molar-refractivity contribution >= 4 is 17.6 Å². The number of amides is 3. The van der Waals surface area contributed by atoms with Gasteiger partial charge in [0.1, 0.15) is 6.04 Å². The summed E-state index contributed by atoms with van der Waals surface area (Å²) in [6, 6.07) is 7.13. The fourth-order valence-corrected chi connectivity index (χ4v) is 2.71. The largest absolute Gasteiger partial charge is 0.354 e. The fourth-order valence-electron chi connectivity index (χ4n) is 2.71. The van der Waals surface area contributed by atoms with E-state index >= 15 is 0 Å².